The van der Waals surface area contributed by atoms with Gasteiger partial charge in [0.15, 0.2) is 11.0 Å². The molecule has 0 amide bonds. The van der Waals surface area contributed by atoms with E-state index in [1.165, 1.54) is 12.1 Å². The predicted molar refractivity (Wildman–Crippen MR) is 48.2 cm³/mol. The molecule has 1 aromatic carbocycles. The maximum atomic E-state index is 11.1. The summed E-state index contributed by atoms with van der Waals surface area (Å²) >= 11 is 5.72. The van der Waals surface area contributed by atoms with Gasteiger partial charge in [0, 0.05) is 0 Å². The normalized spacial score (nSPS) is 12.1. The van der Waals surface area contributed by atoms with Crippen LogP contribution in [0.3, 0.4) is 0 Å². The molecular formula is C6H4ClN3O3S. The Kier molecular flexibility index (Phi) is 1.95. The van der Waals surface area contributed by atoms with Crippen LogP contribution in [0.15, 0.2) is 21.7 Å². The average Bonchev–Trinajstić information content (AvgIpc) is 2.50. The van der Waals surface area contributed by atoms with Crippen LogP contribution in [0.1, 0.15) is 0 Å². The summed E-state index contributed by atoms with van der Waals surface area (Å²) in [4.78, 5) is -0.154. The maximum Gasteiger partial charge on any atom is 0.240 e. The van der Waals surface area contributed by atoms with Crippen molar-refractivity contribution >= 4 is 32.7 Å². The van der Waals surface area contributed by atoms with Crippen LogP contribution in [0, 0.1) is 0 Å². The van der Waals surface area contributed by atoms with Crippen molar-refractivity contribution in [2.24, 2.45) is 5.14 Å². The molecule has 0 unspecified atom stereocenters. The number of hydrogen-bond donors (Lipinski definition) is 1. The summed E-state index contributed by atoms with van der Waals surface area (Å²) in [5.74, 6) is 0. The van der Waals surface area contributed by atoms with E-state index < -0.39 is 10.0 Å². The van der Waals surface area contributed by atoms with Crippen molar-refractivity contribution in [3.8, 4) is 0 Å². The zero-order chi connectivity index (χ0) is 10.3. The van der Waals surface area contributed by atoms with Gasteiger partial charge in [0.2, 0.25) is 10.0 Å². The van der Waals surface area contributed by atoms with Crippen LogP contribution in [-0.2, 0) is 10.0 Å². The van der Waals surface area contributed by atoms with Gasteiger partial charge in [-0.05, 0) is 22.4 Å². The topological polar surface area (TPSA) is 99.1 Å². The van der Waals surface area contributed by atoms with Gasteiger partial charge in [0.05, 0.1) is 5.02 Å². The van der Waals surface area contributed by atoms with E-state index in [0.717, 1.165) is 0 Å². The Morgan fingerprint density at radius 2 is 1.93 bits per heavy atom. The Morgan fingerprint density at radius 1 is 1.29 bits per heavy atom. The number of halogens is 1. The third kappa shape index (κ3) is 1.35. The molecule has 2 N–H and O–H groups in total. The van der Waals surface area contributed by atoms with Crippen molar-refractivity contribution in [3.63, 3.8) is 0 Å². The molecule has 1 heterocycles. The second kappa shape index (κ2) is 2.91. The van der Waals surface area contributed by atoms with E-state index in [0.29, 0.717) is 0 Å². The monoisotopic (exact) mass is 233 g/mol. The lowest BCUT2D eigenvalue weighted by atomic mass is 10.3. The lowest BCUT2D eigenvalue weighted by molar-refractivity contribution is 0.315. The Morgan fingerprint density at radius 3 is 2.57 bits per heavy atom. The molecule has 0 bridgehead atoms. The van der Waals surface area contributed by atoms with Crippen molar-refractivity contribution < 1.29 is 13.0 Å². The number of aromatic nitrogens is 2. The fourth-order valence-corrected chi connectivity index (χ4v) is 1.89. The third-order valence-corrected chi connectivity index (χ3v) is 2.88. The first-order chi connectivity index (χ1) is 6.50. The van der Waals surface area contributed by atoms with Crippen molar-refractivity contribution in [1.82, 2.24) is 10.3 Å². The second-order valence-electron chi connectivity index (χ2n) is 2.55. The van der Waals surface area contributed by atoms with Crippen LogP contribution < -0.4 is 5.14 Å². The van der Waals surface area contributed by atoms with E-state index >= 15 is 0 Å². The van der Waals surface area contributed by atoms with E-state index in [9.17, 15) is 8.42 Å². The van der Waals surface area contributed by atoms with Crippen molar-refractivity contribution in [2.45, 2.75) is 4.90 Å². The van der Waals surface area contributed by atoms with E-state index in [-0.39, 0.29) is 21.0 Å². The highest BCUT2D eigenvalue weighted by atomic mass is 35.5. The van der Waals surface area contributed by atoms with Crippen LogP contribution in [0.25, 0.3) is 11.0 Å². The molecule has 0 fully saturated rings. The van der Waals surface area contributed by atoms with Gasteiger partial charge in [-0.2, -0.15) is 0 Å². The molecule has 0 saturated carbocycles. The van der Waals surface area contributed by atoms with Crippen LogP contribution in [0.2, 0.25) is 5.02 Å². The summed E-state index contributed by atoms with van der Waals surface area (Å²) in [5.41, 5.74) is 0.221. The molecule has 0 aliphatic rings. The number of fused-ring (bicyclic) bond motifs is 1. The first-order valence-corrected chi connectivity index (χ1v) is 5.36. The highest BCUT2D eigenvalue weighted by Crippen LogP contribution is 2.25. The Bertz CT molecular complexity index is 591. The maximum absolute atomic E-state index is 11.1. The highest BCUT2D eigenvalue weighted by Gasteiger charge is 2.18. The number of benzene rings is 1. The largest absolute Gasteiger partial charge is 0.243 e. The van der Waals surface area contributed by atoms with E-state index in [1.54, 1.807) is 0 Å². The Balaban J connectivity index is 2.93. The number of rotatable bonds is 1. The molecule has 6 nitrogen and oxygen atoms in total. The summed E-state index contributed by atoms with van der Waals surface area (Å²) in [7, 11) is -3.84. The van der Waals surface area contributed by atoms with Gasteiger partial charge < -0.3 is 0 Å². The van der Waals surface area contributed by atoms with Crippen LogP contribution in [-0.4, -0.2) is 18.7 Å². The molecule has 74 valence electrons. The SMILES string of the molecule is NS(=O)(=O)c1ccc(Cl)c2nonc12. The van der Waals surface area contributed by atoms with Crippen LogP contribution in [0.4, 0.5) is 0 Å². The predicted octanol–water partition coefficient (Wildman–Crippen LogP) is 0.524. The van der Waals surface area contributed by atoms with Gasteiger partial charge in [-0.25, -0.2) is 18.2 Å². The molecule has 0 atom stereocenters. The Hall–Kier alpha value is -1.18. The Labute approximate surface area is 83.7 Å². The number of nitrogens with zero attached hydrogens (tertiary/aromatic N) is 2. The molecule has 14 heavy (non-hydrogen) atoms. The fourth-order valence-electron chi connectivity index (χ4n) is 1.04. The summed E-state index contributed by atoms with van der Waals surface area (Å²) in [6.45, 7) is 0. The molecular weight excluding hydrogens is 230 g/mol. The zero-order valence-corrected chi connectivity index (χ0v) is 8.21. The lowest BCUT2D eigenvalue weighted by Gasteiger charge is -1.97. The van der Waals surface area contributed by atoms with Crippen molar-refractivity contribution in [2.75, 3.05) is 0 Å². The number of sulfonamides is 1. The van der Waals surface area contributed by atoms with Crippen LogP contribution >= 0.6 is 11.6 Å². The van der Waals surface area contributed by atoms with Gasteiger partial charge >= 0.3 is 0 Å². The summed E-state index contributed by atoms with van der Waals surface area (Å²) in [5, 5.41) is 12.1. The van der Waals surface area contributed by atoms with Crippen molar-refractivity contribution in [1.29, 1.82) is 0 Å². The number of primary sulfonamides is 1. The fraction of sp³-hybridized carbons (Fsp3) is 0. The molecule has 0 aliphatic heterocycles. The highest BCUT2D eigenvalue weighted by molar-refractivity contribution is 7.89. The molecule has 0 aliphatic carbocycles. The summed E-state index contributed by atoms with van der Waals surface area (Å²) in [6, 6.07) is 2.62. The third-order valence-electron chi connectivity index (χ3n) is 1.64. The van der Waals surface area contributed by atoms with E-state index in [2.05, 4.69) is 14.9 Å². The smallest absolute Gasteiger partial charge is 0.240 e. The standard InChI is InChI=1S/C6H4ClN3O3S/c7-3-1-2-4(14(8,11)12)6-5(3)9-13-10-6/h1-2H,(H2,8,11,12). The van der Waals surface area contributed by atoms with Gasteiger partial charge in [-0.3, -0.25) is 0 Å². The number of hydrogen-bond acceptors (Lipinski definition) is 5. The molecule has 0 radical (unpaired) electrons. The van der Waals surface area contributed by atoms with Gasteiger partial charge in [-0.1, -0.05) is 11.6 Å². The van der Waals surface area contributed by atoms with Crippen molar-refractivity contribution in [3.05, 3.63) is 17.2 Å². The zero-order valence-electron chi connectivity index (χ0n) is 6.64. The van der Waals surface area contributed by atoms with Crippen LogP contribution in [0.5, 0.6) is 0 Å². The molecule has 2 aromatic rings. The van der Waals surface area contributed by atoms with E-state index in [4.69, 9.17) is 16.7 Å². The minimum Gasteiger partial charge on any atom is -0.243 e. The molecule has 0 saturated heterocycles. The molecule has 8 heteroatoms. The first-order valence-electron chi connectivity index (χ1n) is 3.44. The lowest BCUT2D eigenvalue weighted by Crippen LogP contribution is -2.12. The minimum atomic E-state index is -3.84. The van der Waals surface area contributed by atoms with Gasteiger partial charge in [-0.15, -0.1) is 0 Å². The molecule has 2 rings (SSSR count). The molecule has 1 aromatic heterocycles. The van der Waals surface area contributed by atoms with Gasteiger partial charge in [0.1, 0.15) is 4.90 Å². The first kappa shape index (κ1) is 9.38. The second-order valence-corrected chi connectivity index (χ2v) is 4.49. The average molecular weight is 234 g/mol. The molecule has 0 spiro atoms. The summed E-state index contributed by atoms with van der Waals surface area (Å²) < 4.78 is 26.5. The van der Waals surface area contributed by atoms with Gasteiger partial charge in [0.25, 0.3) is 0 Å². The quantitative estimate of drug-likeness (QED) is 0.774. The van der Waals surface area contributed by atoms with E-state index in [1.807, 2.05) is 0 Å². The number of nitrogens with two attached hydrogens (primary N) is 1. The summed E-state index contributed by atoms with van der Waals surface area (Å²) in [6.07, 6.45) is 0. The minimum absolute atomic E-state index is 0.0417.